The highest BCUT2D eigenvalue weighted by Gasteiger charge is 2.16. The summed E-state index contributed by atoms with van der Waals surface area (Å²) < 4.78 is 13.0. The van der Waals surface area contributed by atoms with Crippen molar-refractivity contribution in [2.75, 3.05) is 19.0 Å². The molecule has 7 heteroatoms. The van der Waals surface area contributed by atoms with Crippen LogP contribution >= 0.6 is 23.2 Å². The number of fused-ring (bicyclic) bond motifs is 1. The minimum Gasteiger partial charge on any atom is -0.492 e. The molecule has 0 amide bonds. The van der Waals surface area contributed by atoms with Crippen molar-refractivity contribution in [2.45, 2.75) is 6.54 Å². The minimum absolute atomic E-state index is 0.349. The number of benzene rings is 3. The molecule has 0 radical (unpaired) electrons. The highest BCUT2D eigenvalue weighted by Crippen LogP contribution is 2.35. The van der Waals surface area contributed by atoms with Gasteiger partial charge >= 0.3 is 5.97 Å². The maximum absolute atomic E-state index is 12.2. The zero-order valence-corrected chi connectivity index (χ0v) is 18.3. The fourth-order valence-electron chi connectivity index (χ4n) is 3.35. The van der Waals surface area contributed by atoms with Crippen LogP contribution in [0.4, 0.5) is 11.4 Å². The van der Waals surface area contributed by atoms with E-state index in [1.807, 2.05) is 18.3 Å². The quantitative estimate of drug-likeness (QED) is 0.321. The van der Waals surface area contributed by atoms with Gasteiger partial charge in [0.05, 0.1) is 40.6 Å². The van der Waals surface area contributed by atoms with Crippen LogP contribution in [0.15, 0.2) is 72.9 Å². The average Bonchev–Trinajstić information content (AvgIpc) is 3.19. The van der Waals surface area contributed by atoms with Gasteiger partial charge in [-0.15, -0.1) is 0 Å². The number of hydrogen-bond acceptors (Lipinski definition) is 4. The lowest BCUT2D eigenvalue weighted by atomic mass is 10.1. The molecular weight excluding hydrogens is 435 g/mol. The van der Waals surface area contributed by atoms with E-state index >= 15 is 0 Å². The van der Waals surface area contributed by atoms with Gasteiger partial charge in [0.15, 0.2) is 0 Å². The van der Waals surface area contributed by atoms with Gasteiger partial charge in [0.2, 0.25) is 0 Å². The molecule has 1 heterocycles. The van der Waals surface area contributed by atoms with Gasteiger partial charge in [-0.1, -0.05) is 47.5 Å². The molecule has 3 aromatic carbocycles. The fraction of sp³-hybridized carbons (Fsp3) is 0.125. The fourth-order valence-corrected chi connectivity index (χ4v) is 3.85. The Hall–Kier alpha value is -3.15. The van der Waals surface area contributed by atoms with E-state index in [1.165, 1.54) is 12.5 Å². The molecule has 5 nitrogen and oxygen atoms in total. The Morgan fingerprint density at radius 1 is 1.00 bits per heavy atom. The van der Waals surface area contributed by atoms with Gasteiger partial charge in [-0.25, -0.2) is 4.79 Å². The molecule has 0 saturated carbocycles. The molecule has 0 aliphatic carbocycles. The topological polar surface area (TPSA) is 52.5 Å². The van der Waals surface area contributed by atoms with Crippen molar-refractivity contribution < 1.29 is 14.3 Å². The van der Waals surface area contributed by atoms with Crippen LogP contribution in [0.2, 0.25) is 10.0 Å². The van der Waals surface area contributed by atoms with Gasteiger partial charge in [-0.2, -0.15) is 0 Å². The number of ether oxygens (including phenoxy) is 2. The first kappa shape index (κ1) is 21.1. The number of hydrogen-bond donors (Lipinski definition) is 1. The lowest BCUT2D eigenvalue weighted by molar-refractivity contribution is 0.0602. The van der Waals surface area contributed by atoms with Crippen LogP contribution < -0.4 is 10.1 Å². The van der Waals surface area contributed by atoms with Gasteiger partial charge < -0.3 is 19.4 Å². The van der Waals surface area contributed by atoms with Crippen LogP contribution in [0.5, 0.6) is 5.75 Å². The maximum Gasteiger partial charge on any atom is 0.339 e. The summed E-state index contributed by atoms with van der Waals surface area (Å²) in [5.41, 5.74) is 2.50. The predicted molar refractivity (Wildman–Crippen MR) is 125 cm³/mol. The number of esters is 1. The number of carbonyl (C=O) groups is 1. The Morgan fingerprint density at radius 2 is 1.77 bits per heavy atom. The summed E-state index contributed by atoms with van der Waals surface area (Å²) in [6.07, 6.45) is 2.04. The van der Waals surface area contributed by atoms with Gasteiger partial charge in [0.25, 0.3) is 0 Å². The van der Waals surface area contributed by atoms with Crippen molar-refractivity contribution in [2.24, 2.45) is 0 Å². The first-order chi connectivity index (χ1) is 15.1. The number of rotatable bonds is 7. The highest BCUT2D eigenvalue weighted by molar-refractivity contribution is 6.39. The molecule has 0 aliphatic rings. The number of carbonyl (C=O) groups excluding carboxylic acids is 1. The summed E-state index contributed by atoms with van der Waals surface area (Å²) in [6, 6.07) is 20.6. The molecule has 0 atom stereocenters. The maximum atomic E-state index is 12.2. The Morgan fingerprint density at radius 3 is 2.55 bits per heavy atom. The average molecular weight is 455 g/mol. The van der Waals surface area contributed by atoms with E-state index in [0.717, 1.165) is 5.52 Å². The summed E-state index contributed by atoms with van der Waals surface area (Å²) in [5.74, 6) is 0.130. The van der Waals surface area contributed by atoms with E-state index in [1.54, 1.807) is 36.4 Å². The van der Waals surface area contributed by atoms with E-state index in [-0.39, 0.29) is 0 Å². The second-order valence-corrected chi connectivity index (χ2v) is 7.65. The lowest BCUT2D eigenvalue weighted by Crippen LogP contribution is -2.09. The normalized spacial score (nSPS) is 10.8. The van der Waals surface area contributed by atoms with Crippen molar-refractivity contribution >= 4 is 51.4 Å². The number of anilines is 2. The molecular formula is C24H20Cl2N2O3. The van der Waals surface area contributed by atoms with E-state index in [0.29, 0.717) is 45.9 Å². The number of aromatic nitrogens is 1. The first-order valence-electron chi connectivity index (χ1n) is 9.67. The van der Waals surface area contributed by atoms with Crippen molar-refractivity contribution in [3.05, 3.63) is 88.5 Å². The van der Waals surface area contributed by atoms with E-state index in [4.69, 9.17) is 32.7 Å². The molecule has 158 valence electrons. The third-order valence-electron chi connectivity index (χ3n) is 4.90. The predicted octanol–water partition coefficient (Wildman–Crippen LogP) is 6.56. The van der Waals surface area contributed by atoms with Crippen LogP contribution in [0, 0.1) is 0 Å². The summed E-state index contributed by atoms with van der Waals surface area (Å²) in [5, 5.41) is 5.21. The van der Waals surface area contributed by atoms with Crippen LogP contribution in [0.1, 0.15) is 10.4 Å². The SMILES string of the molecule is COC(=O)c1ccc(OCCn2ccc3ccccc32)cc1Nc1c(Cl)cccc1Cl. The van der Waals surface area contributed by atoms with Crippen LogP contribution in [0.25, 0.3) is 10.9 Å². The molecule has 4 aromatic rings. The van der Waals surface area contributed by atoms with Crippen molar-refractivity contribution in [1.29, 1.82) is 0 Å². The number of nitrogens with one attached hydrogen (secondary N) is 1. The molecule has 0 unspecified atom stereocenters. The lowest BCUT2D eigenvalue weighted by Gasteiger charge is -2.15. The molecule has 0 aliphatic heterocycles. The molecule has 31 heavy (non-hydrogen) atoms. The van der Waals surface area contributed by atoms with Crippen LogP contribution in [0.3, 0.4) is 0 Å². The molecule has 0 spiro atoms. The zero-order valence-electron chi connectivity index (χ0n) is 16.8. The molecule has 0 bridgehead atoms. The number of methoxy groups -OCH3 is 1. The second-order valence-electron chi connectivity index (χ2n) is 6.84. The molecule has 4 rings (SSSR count). The molecule has 1 N–H and O–H groups in total. The van der Waals surface area contributed by atoms with Gasteiger partial charge in [-0.05, 0) is 41.8 Å². The van der Waals surface area contributed by atoms with E-state index in [9.17, 15) is 4.79 Å². The largest absolute Gasteiger partial charge is 0.492 e. The third-order valence-corrected chi connectivity index (χ3v) is 5.53. The molecule has 1 aromatic heterocycles. The van der Waals surface area contributed by atoms with Gasteiger partial charge in [0.1, 0.15) is 12.4 Å². The minimum atomic E-state index is -0.476. The smallest absolute Gasteiger partial charge is 0.339 e. The number of halogens is 2. The van der Waals surface area contributed by atoms with Crippen LogP contribution in [-0.4, -0.2) is 24.3 Å². The van der Waals surface area contributed by atoms with Crippen molar-refractivity contribution in [1.82, 2.24) is 4.57 Å². The van der Waals surface area contributed by atoms with E-state index in [2.05, 4.69) is 28.1 Å². The molecule has 0 fully saturated rings. The first-order valence-corrected chi connectivity index (χ1v) is 10.4. The number of para-hydroxylation sites is 2. The summed E-state index contributed by atoms with van der Waals surface area (Å²) >= 11 is 12.6. The highest BCUT2D eigenvalue weighted by atomic mass is 35.5. The van der Waals surface area contributed by atoms with Gasteiger partial charge in [-0.3, -0.25) is 0 Å². The Kier molecular flexibility index (Phi) is 6.35. The van der Waals surface area contributed by atoms with Crippen molar-refractivity contribution in [3.8, 4) is 5.75 Å². The Balaban J connectivity index is 1.54. The Bertz CT molecular complexity index is 1220. The summed E-state index contributed by atoms with van der Waals surface area (Å²) in [4.78, 5) is 12.2. The Labute approximate surface area is 190 Å². The zero-order chi connectivity index (χ0) is 21.8. The molecule has 0 saturated heterocycles. The summed E-state index contributed by atoms with van der Waals surface area (Å²) in [7, 11) is 1.33. The van der Waals surface area contributed by atoms with Crippen molar-refractivity contribution in [3.63, 3.8) is 0 Å². The third kappa shape index (κ3) is 4.63. The summed E-state index contributed by atoms with van der Waals surface area (Å²) in [6.45, 7) is 1.15. The van der Waals surface area contributed by atoms with Gasteiger partial charge in [0, 0.05) is 17.8 Å². The second kappa shape index (κ2) is 9.33. The van der Waals surface area contributed by atoms with Crippen LogP contribution in [-0.2, 0) is 11.3 Å². The standard InChI is InChI=1S/C24H20Cl2N2O3/c1-30-24(29)18-10-9-17(15-21(18)27-23-19(25)6-4-7-20(23)26)31-14-13-28-12-11-16-5-2-3-8-22(16)28/h2-12,15,27H,13-14H2,1H3. The van der Waals surface area contributed by atoms with E-state index < -0.39 is 5.97 Å². The monoisotopic (exact) mass is 454 g/mol. The number of nitrogens with zero attached hydrogens (tertiary/aromatic N) is 1.